The molecule has 1 amide bonds. The Hall–Kier alpha value is -0.580. The van der Waals surface area contributed by atoms with Gasteiger partial charge in [0.25, 0.3) is 0 Å². The van der Waals surface area contributed by atoms with Crippen LogP contribution >= 0.6 is 0 Å². The second kappa shape index (κ2) is 3.00. The van der Waals surface area contributed by atoms with Crippen molar-refractivity contribution in [3.63, 3.8) is 0 Å². The highest BCUT2D eigenvalue weighted by Crippen LogP contribution is 2.54. The molecule has 3 rings (SSSR count). The molecule has 2 heterocycles. The Kier molecular flexibility index (Phi) is 1.98. The number of amides is 1. The zero-order chi connectivity index (χ0) is 11.4. The second-order valence-corrected chi connectivity index (χ2v) is 7.74. The van der Waals surface area contributed by atoms with E-state index in [0.717, 1.165) is 25.7 Å². The lowest BCUT2D eigenvalue weighted by atomic mass is 9.65. The van der Waals surface area contributed by atoms with Crippen LogP contribution in [0.15, 0.2) is 0 Å². The van der Waals surface area contributed by atoms with Gasteiger partial charge in [-0.2, -0.15) is 0 Å². The number of fused-ring (bicyclic) bond motifs is 1. The topological polar surface area (TPSA) is 63.2 Å². The number of nitrogens with one attached hydrogen (secondary N) is 1. The average molecular weight is 243 g/mol. The van der Waals surface area contributed by atoms with Crippen molar-refractivity contribution in [2.45, 2.75) is 44.1 Å². The first-order valence-electron chi connectivity index (χ1n) is 5.99. The van der Waals surface area contributed by atoms with Gasteiger partial charge in [0.1, 0.15) is 0 Å². The van der Waals surface area contributed by atoms with Crippen molar-refractivity contribution in [3.8, 4) is 0 Å². The van der Waals surface area contributed by atoms with Crippen LogP contribution in [0.1, 0.15) is 38.5 Å². The molecule has 0 unspecified atom stereocenters. The van der Waals surface area contributed by atoms with E-state index in [1.54, 1.807) is 0 Å². The summed E-state index contributed by atoms with van der Waals surface area (Å²) >= 11 is 0. The number of carbonyl (C=O) groups excluding carboxylic acids is 1. The molecule has 3 fully saturated rings. The largest absolute Gasteiger partial charge is 0.350 e. The highest BCUT2D eigenvalue weighted by Gasteiger charge is 2.65. The minimum Gasteiger partial charge on any atom is -0.350 e. The van der Waals surface area contributed by atoms with Crippen molar-refractivity contribution in [1.29, 1.82) is 0 Å². The summed E-state index contributed by atoms with van der Waals surface area (Å²) in [5, 5.41) is 3.10. The highest BCUT2D eigenvalue weighted by molar-refractivity contribution is 7.92. The first-order valence-corrected chi connectivity index (χ1v) is 7.81. The van der Waals surface area contributed by atoms with Crippen LogP contribution in [-0.2, 0) is 14.6 Å². The van der Waals surface area contributed by atoms with E-state index in [-0.39, 0.29) is 28.4 Å². The van der Waals surface area contributed by atoms with Crippen LogP contribution in [0.2, 0.25) is 0 Å². The Balaban J connectivity index is 1.94. The van der Waals surface area contributed by atoms with Crippen molar-refractivity contribution in [2.24, 2.45) is 5.41 Å². The van der Waals surface area contributed by atoms with Gasteiger partial charge in [-0.15, -0.1) is 0 Å². The molecule has 0 aromatic rings. The van der Waals surface area contributed by atoms with Crippen molar-refractivity contribution >= 4 is 15.7 Å². The molecule has 1 aliphatic carbocycles. The number of hydrogen-bond donors (Lipinski definition) is 1. The van der Waals surface area contributed by atoms with E-state index in [0.29, 0.717) is 6.42 Å². The van der Waals surface area contributed by atoms with Gasteiger partial charge in [-0.25, -0.2) is 8.42 Å². The van der Waals surface area contributed by atoms with Crippen LogP contribution in [0.5, 0.6) is 0 Å². The first-order chi connectivity index (χ1) is 7.47. The first kappa shape index (κ1) is 10.6. The van der Waals surface area contributed by atoms with E-state index in [9.17, 15) is 13.2 Å². The van der Waals surface area contributed by atoms with Gasteiger partial charge in [0.05, 0.1) is 11.5 Å². The van der Waals surface area contributed by atoms with Gasteiger partial charge in [-0.05, 0) is 12.8 Å². The monoisotopic (exact) mass is 243 g/mol. The summed E-state index contributed by atoms with van der Waals surface area (Å²) in [6.45, 7) is 0. The molecular formula is C11H17NO3S. The molecule has 2 saturated heterocycles. The number of sulfone groups is 1. The molecule has 1 saturated carbocycles. The van der Waals surface area contributed by atoms with Crippen LogP contribution in [0.3, 0.4) is 0 Å². The van der Waals surface area contributed by atoms with Crippen molar-refractivity contribution < 1.29 is 13.2 Å². The molecule has 0 atom stereocenters. The van der Waals surface area contributed by atoms with Crippen LogP contribution in [-0.4, -0.2) is 31.4 Å². The van der Waals surface area contributed by atoms with Crippen LogP contribution in [0.4, 0.5) is 0 Å². The van der Waals surface area contributed by atoms with Gasteiger partial charge in [0, 0.05) is 17.4 Å². The summed E-state index contributed by atoms with van der Waals surface area (Å²) in [5.74, 6) is 0.495. The lowest BCUT2D eigenvalue weighted by molar-refractivity contribution is -0.120. The van der Waals surface area contributed by atoms with Crippen molar-refractivity contribution in [3.05, 3.63) is 0 Å². The molecule has 5 heteroatoms. The summed E-state index contributed by atoms with van der Waals surface area (Å²) < 4.78 is 22.9. The standard InChI is InChI=1S/C11H17NO3S/c13-9-6-10(7-16(14,15)8-10)11(12-9)4-2-1-3-5-11/h1-8H2,(H,12,13). The van der Waals surface area contributed by atoms with Gasteiger partial charge in [0.2, 0.25) is 5.91 Å². The van der Waals surface area contributed by atoms with E-state index >= 15 is 0 Å². The number of hydrogen-bond acceptors (Lipinski definition) is 3. The van der Waals surface area contributed by atoms with Crippen LogP contribution in [0, 0.1) is 5.41 Å². The molecule has 3 aliphatic rings. The molecule has 0 bridgehead atoms. The summed E-state index contributed by atoms with van der Waals surface area (Å²) in [6, 6.07) is 0. The molecule has 16 heavy (non-hydrogen) atoms. The van der Waals surface area contributed by atoms with Gasteiger partial charge in [0.15, 0.2) is 9.84 Å². The molecule has 2 spiro atoms. The van der Waals surface area contributed by atoms with Crippen molar-refractivity contribution in [2.75, 3.05) is 11.5 Å². The third-order valence-electron chi connectivity index (χ3n) is 4.59. The van der Waals surface area contributed by atoms with Crippen LogP contribution < -0.4 is 5.32 Å². The third kappa shape index (κ3) is 1.27. The Bertz CT molecular complexity index is 422. The molecule has 4 nitrogen and oxygen atoms in total. The fraction of sp³-hybridized carbons (Fsp3) is 0.909. The van der Waals surface area contributed by atoms with E-state index in [1.165, 1.54) is 6.42 Å². The smallest absolute Gasteiger partial charge is 0.221 e. The molecule has 0 aromatic heterocycles. The number of carbonyl (C=O) groups is 1. The quantitative estimate of drug-likeness (QED) is 0.678. The highest BCUT2D eigenvalue weighted by atomic mass is 32.2. The minimum absolute atomic E-state index is 0.0526. The SMILES string of the molecule is O=C1CC2(CS(=O)(=O)C2)C2(CCCCC2)N1. The summed E-state index contributed by atoms with van der Waals surface area (Å²) in [6.07, 6.45) is 5.79. The lowest BCUT2D eigenvalue weighted by Gasteiger charge is -2.51. The molecule has 1 N–H and O–H groups in total. The Morgan fingerprint density at radius 1 is 1.06 bits per heavy atom. The molecule has 0 aromatic carbocycles. The average Bonchev–Trinajstić information content (AvgIpc) is 2.38. The second-order valence-electron chi connectivity index (χ2n) is 5.68. The van der Waals surface area contributed by atoms with E-state index < -0.39 is 9.84 Å². The zero-order valence-electron chi connectivity index (χ0n) is 9.29. The predicted octanol–water partition coefficient (Wildman–Crippen LogP) is 0.624. The normalized spacial score (nSPS) is 33.6. The third-order valence-corrected chi connectivity index (χ3v) is 6.58. The van der Waals surface area contributed by atoms with Crippen LogP contribution in [0.25, 0.3) is 0 Å². The van der Waals surface area contributed by atoms with Gasteiger partial charge < -0.3 is 5.32 Å². The van der Waals surface area contributed by atoms with E-state index in [4.69, 9.17) is 0 Å². The maximum Gasteiger partial charge on any atom is 0.221 e. The van der Waals surface area contributed by atoms with Crippen molar-refractivity contribution in [1.82, 2.24) is 5.32 Å². The van der Waals surface area contributed by atoms with E-state index in [1.807, 2.05) is 0 Å². The summed E-state index contributed by atoms with van der Waals surface area (Å²) in [5.41, 5.74) is -0.447. The maximum absolute atomic E-state index is 11.6. The van der Waals surface area contributed by atoms with Gasteiger partial charge in [-0.3, -0.25) is 4.79 Å². The summed E-state index contributed by atoms with van der Waals surface area (Å²) in [7, 11) is -2.86. The molecule has 90 valence electrons. The fourth-order valence-electron chi connectivity index (χ4n) is 3.91. The molecule has 2 aliphatic heterocycles. The molecular weight excluding hydrogens is 226 g/mol. The Labute approximate surface area is 95.7 Å². The molecule has 0 radical (unpaired) electrons. The minimum atomic E-state index is -2.86. The number of rotatable bonds is 0. The summed E-state index contributed by atoms with van der Waals surface area (Å²) in [4.78, 5) is 11.6. The van der Waals surface area contributed by atoms with E-state index in [2.05, 4.69) is 5.32 Å². The maximum atomic E-state index is 11.6. The Morgan fingerprint density at radius 2 is 1.69 bits per heavy atom. The lowest BCUT2D eigenvalue weighted by Crippen LogP contribution is -2.64. The Morgan fingerprint density at radius 3 is 2.25 bits per heavy atom. The fourth-order valence-corrected chi connectivity index (χ4v) is 6.26. The van der Waals surface area contributed by atoms with Gasteiger partial charge in [-0.1, -0.05) is 19.3 Å². The van der Waals surface area contributed by atoms with Gasteiger partial charge >= 0.3 is 0 Å². The zero-order valence-corrected chi connectivity index (χ0v) is 10.1. The predicted molar refractivity (Wildman–Crippen MR) is 59.7 cm³/mol.